The highest BCUT2D eigenvalue weighted by molar-refractivity contribution is 6.42. The molecule has 1 aliphatic rings. The number of carbonyl (C=O) groups excluding carboxylic acids is 1. The number of rotatable bonds is 6. The Morgan fingerprint density at radius 3 is 2.62 bits per heavy atom. The fraction of sp³-hybridized carbons (Fsp3) is 0.316. The summed E-state index contributed by atoms with van der Waals surface area (Å²) in [5.74, 6) is -0.0836. The third-order valence-corrected chi connectivity index (χ3v) is 4.87. The molecule has 0 saturated carbocycles. The van der Waals surface area contributed by atoms with E-state index < -0.39 is 0 Å². The van der Waals surface area contributed by atoms with Gasteiger partial charge in [0, 0.05) is 31.7 Å². The highest BCUT2D eigenvalue weighted by atomic mass is 35.5. The number of benzene rings is 2. The van der Waals surface area contributed by atoms with Crippen LogP contribution in [0.25, 0.3) is 0 Å². The van der Waals surface area contributed by atoms with Crippen molar-refractivity contribution >= 4 is 46.2 Å². The molecule has 2 aromatic rings. The minimum atomic E-state index is -0.0836. The maximum atomic E-state index is 12.1. The first-order valence-corrected chi connectivity index (χ1v) is 9.29. The molecule has 138 valence electrons. The van der Waals surface area contributed by atoms with Crippen molar-refractivity contribution in [3.8, 4) is 0 Å². The highest BCUT2D eigenvalue weighted by Crippen LogP contribution is 2.27. The fourth-order valence-corrected chi connectivity index (χ4v) is 3.11. The Morgan fingerprint density at radius 2 is 1.85 bits per heavy atom. The molecule has 0 aliphatic carbocycles. The molecule has 0 aromatic heterocycles. The molecule has 5 nitrogen and oxygen atoms in total. The predicted molar refractivity (Wildman–Crippen MR) is 108 cm³/mol. The van der Waals surface area contributed by atoms with Gasteiger partial charge in [-0.2, -0.15) is 0 Å². The zero-order valence-electron chi connectivity index (χ0n) is 14.3. The molecule has 0 spiro atoms. The summed E-state index contributed by atoms with van der Waals surface area (Å²) in [6.07, 6.45) is 0.345. The van der Waals surface area contributed by atoms with E-state index >= 15 is 0 Å². The number of halogens is 2. The third kappa shape index (κ3) is 5.04. The van der Waals surface area contributed by atoms with Crippen LogP contribution in [0.2, 0.25) is 10.0 Å². The zero-order chi connectivity index (χ0) is 18.4. The number of morpholine rings is 1. The van der Waals surface area contributed by atoms with Gasteiger partial charge in [0.1, 0.15) is 0 Å². The van der Waals surface area contributed by atoms with Crippen molar-refractivity contribution in [1.29, 1.82) is 0 Å². The third-order valence-electron chi connectivity index (χ3n) is 4.13. The molecule has 3 rings (SSSR count). The first kappa shape index (κ1) is 18.8. The van der Waals surface area contributed by atoms with Crippen molar-refractivity contribution in [3.05, 3.63) is 52.5 Å². The standard InChI is InChI=1S/C19H21Cl2N3O2/c20-15-6-5-14(13-16(15)21)23-19(25)7-8-22-17-3-1-2-4-18(17)24-9-11-26-12-10-24/h1-6,13,22H,7-12H2,(H,23,25). The molecule has 2 aromatic carbocycles. The first-order chi connectivity index (χ1) is 12.6. The van der Waals surface area contributed by atoms with Gasteiger partial charge in [0.15, 0.2) is 0 Å². The van der Waals surface area contributed by atoms with Gasteiger partial charge in [-0.05, 0) is 30.3 Å². The van der Waals surface area contributed by atoms with Gasteiger partial charge in [-0.15, -0.1) is 0 Å². The van der Waals surface area contributed by atoms with Crippen LogP contribution < -0.4 is 15.5 Å². The van der Waals surface area contributed by atoms with Crippen LogP contribution in [0.15, 0.2) is 42.5 Å². The van der Waals surface area contributed by atoms with Crippen molar-refractivity contribution in [2.75, 3.05) is 48.4 Å². The summed E-state index contributed by atoms with van der Waals surface area (Å²) in [5, 5.41) is 7.06. The molecule has 0 radical (unpaired) electrons. The van der Waals surface area contributed by atoms with E-state index in [4.69, 9.17) is 27.9 Å². The van der Waals surface area contributed by atoms with E-state index in [1.54, 1.807) is 18.2 Å². The minimum absolute atomic E-state index is 0.0836. The van der Waals surface area contributed by atoms with E-state index in [-0.39, 0.29) is 5.91 Å². The molecule has 1 amide bonds. The Hall–Kier alpha value is -1.95. The number of nitrogens with zero attached hydrogens (tertiary/aromatic N) is 1. The van der Waals surface area contributed by atoms with Crippen LogP contribution >= 0.6 is 23.2 Å². The molecule has 0 bridgehead atoms. The van der Waals surface area contributed by atoms with E-state index in [1.165, 1.54) is 0 Å². The molecule has 0 atom stereocenters. The maximum absolute atomic E-state index is 12.1. The summed E-state index contributed by atoms with van der Waals surface area (Å²) in [6, 6.07) is 13.2. The van der Waals surface area contributed by atoms with Gasteiger partial charge in [0.05, 0.1) is 34.6 Å². The summed E-state index contributed by atoms with van der Waals surface area (Å²) < 4.78 is 5.41. The number of anilines is 3. The largest absolute Gasteiger partial charge is 0.383 e. The molecule has 7 heteroatoms. The molecule has 26 heavy (non-hydrogen) atoms. The molecule has 1 saturated heterocycles. The Morgan fingerprint density at radius 1 is 1.08 bits per heavy atom. The quantitative estimate of drug-likeness (QED) is 0.769. The van der Waals surface area contributed by atoms with Gasteiger partial charge in [0.25, 0.3) is 0 Å². The van der Waals surface area contributed by atoms with Crippen molar-refractivity contribution in [2.24, 2.45) is 0 Å². The van der Waals surface area contributed by atoms with E-state index in [0.29, 0.717) is 28.7 Å². The van der Waals surface area contributed by atoms with Crippen LogP contribution in [0, 0.1) is 0 Å². The van der Waals surface area contributed by atoms with Gasteiger partial charge in [-0.25, -0.2) is 0 Å². The maximum Gasteiger partial charge on any atom is 0.226 e. The molecule has 1 heterocycles. The second-order valence-electron chi connectivity index (χ2n) is 5.97. The molecule has 1 aliphatic heterocycles. The molecule has 0 unspecified atom stereocenters. The summed E-state index contributed by atoms with van der Waals surface area (Å²) in [5.41, 5.74) is 2.80. The smallest absolute Gasteiger partial charge is 0.226 e. The minimum Gasteiger partial charge on any atom is -0.383 e. The average molecular weight is 394 g/mol. The normalized spacial score (nSPS) is 14.2. The summed E-state index contributed by atoms with van der Waals surface area (Å²) in [4.78, 5) is 14.4. The fourth-order valence-electron chi connectivity index (χ4n) is 2.81. The van der Waals surface area contributed by atoms with E-state index in [0.717, 1.165) is 37.7 Å². The van der Waals surface area contributed by atoms with E-state index in [2.05, 4.69) is 21.6 Å². The second kappa shape index (κ2) is 9.12. The summed E-state index contributed by atoms with van der Waals surface area (Å²) >= 11 is 11.8. The van der Waals surface area contributed by atoms with Gasteiger partial charge >= 0.3 is 0 Å². The summed E-state index contributed by atoms with van der Waals surface area (Å²) in [6.45, 7) is 3.75. The monoisotopic (exact) mass is 393 g/mol. The van der Waals surface area contributed by atoms with Gasteiger partial charge in [0.2, 0.25) is 5.91 Å². The Kier molecular flexibility index (Phi) is 6.61. The van der Waals surface area contributed by atoms with Crippen LogP contribution in [-0.4, -0.2) is 38.8 Å². The van der Waals surface area contributed by atoms with Crippen molar-refractivity contribution in [3.63, 3.8) is 0 Å². The number of hydrogen-bond acceptors (Lipinski definition) is 4. The van der Waals surface area contributed by atoms with Gasteiger partial charge in [-0.1, -0.05) is 35.3 Å². The lowest BCUT2D eigenvalue weighted by molar-refractivity contribution is -0.115. The average Bonchev–Trinajstić information content (AvgIpc) is 2.66. The van der Waals surface area contributed by atoms with Crippen LogP contribution in [-0.2, 0) is 9.53 Å². The van der Waals surface area contributed by atoms with Crippen LogP contribution in [0.3, 0.4) is 0 Å². The predicted octanol–water partition coefficient (Wildman–Crippen LogP) is 4.27. The first-order valence-electron chi connectivity index (χ1n) is 8.54. The lowest BCUT2D eigenvalue weighted by Crippen LogP contribution is -2.36. The molecular formula is C19H21Cl2N3O2. The van der Waals surface area contributed by atoms with Crippen molar-refractivity contribution in [1.82, 2.24) is 0 Å². The van der Waals surface area contributed by atoms with Crippen LogP contribution in [0.1, 0.15) is 6.42 Å². The van der Waals surface area contributed by atoms with E-state index in [9.17, 15) is 4.79 Å². The van der Waals surface area contributed by atoms with Crippen LogP contribution in [0.4, 0.5) is 17.1 Å². The number of hydrogen-bond donors (Lipinski definition) is 2. The van der Waals surface area contributed by atoms with Gasteiger partial charge < -0.3 is 20.3 Å². The number of nitrogens with one attached hydrogen (secondary N) is 2. The number of para-hydroxylation sites is 2. The SMILES string of the molecule is O=C(CCNc1ccccc1N1CCOCC1)Nc1ccc(Cl)c(Cl)c1. The molecular weight excluding hydrogens is 373 g/mol. The highest BCUT2D eigenvalue weighted by Gasteiger charge is 2.14. The topological polar surface area (TPSA) is 53.6 Å². The second-order valence-corrected chi connectivity index (χ2v) is 6.78. The number of ether oxygens (including phenoxy) is 1. The number of carbonyl (C=O) groups is 1. The summed E-state index contributed by atoms with van der Waals surface area (Å²) in [7, 11) is 0. The molecule has 1 fully saturated rings. The van der Waals surface area contributed by atoms with Crippen molar-refractivity contribution < 1.29 is 9.53 Å². The Labute approximate surface area is 163 Å². The lowest BCUT2D eigenvalue weighted by Gasteiger charge is -2.30. The molecule has 2 N–H and O–H groups in total. The Bertz CT molecular complexity index is 764. The van der Waals surface area contributed by atoms with E-state index in [1.807, 2.05) is 18.2 Å². The number of amides is 1. The Balaban J connectivity index is 1.53. The van der Waals surface area contributed by atoms with Crippen LogP contribution in [0.5, 0.6) is 0 Å². The zero-order valence-corrected chi connectivity index (χ0v) is 15.8. The van der Waals surface area contributed by atoms with Gasteiger partial charge in [-0.3, -0.25) is 4.79 Å². The lowest BCUT2D eigenvalue weighted by atomic mass is 10.2. The van der Waals surface area contributed by atoms with Crippen molar-refractivity contribution in [2.45, 2.75) is 6.42 Å².